The Hall–Kier alpha value is -2.96. The van der Waals surface area contributed by atoms with Crippen LogP contribution in [-0.2, 0) is 11.3 Å². The Kier molecular flexibility index (Phi) is 4.69. The molecular weight excluding hydrogens is 312 g/mol. The lowest BCUT2D eigenvalue weighted by molar-refractivity contribution is -0.122. The van der Waals surface area contributed by atoms with Crippen LogP contribution in [0.2, 0.25) is 0 Å². The number of ether oxygens (including phenoxy) is 2. The predicted molar refractivity (Wildman–Crippen MR) is 84.9 cm³/mol. The lowest BCUT2D eigenvalue weighted by Gasteiger charge is -2.19. The number of hydrogen-bond acceptors (Lipinski definition) is 5. The molecule has 3 rings (SSSR count). The van der Waals surface area contributed by atoms with Crippen LogP contribution in [0.5, 0.6) is 11.5 Å². The Morgan fingerprint density at radius 2 is 1.96 bits per heavy atom. The maximum absolute atomic E-state index is 12.1. The van der Waals surface area contributed by atoms with E-state index in [0.29, 0.717) is 31.3 Å². The molecule has 24 heavy (non-hydrogen) atoms. The summed E-state index contributed by atoms with van der Waals surface area (Å²) < 4.78 is 15.9. The minimum atomic E-state index is -0.681. The van der Waals surface area contributed by atoms with E-state index < -0.39 is 11.9 Å². The number of benzene rings is 1. The summed E-state index contributed by atoms with van der Waals surface area (Å²) in [5.74, 6) is 0.829. The van der Waals surface area contributed by atoms with Gasteiger partial charge in [-0.3, -0.25) is 9.59 Å². The van der Waals surface area contributed by atoms with Gasteiger partial charge >= 0.3 is 0 Å². The smallest absolute Gasteiger partial charge is 0.287 e. The molecule has 2 aromatic rings. The Morgan fingerprint density at radius 3 is 2.71 bits per heavy atom. The average molecular weight is 330 g/mol. The third-order valence-electron chi connectivity index (χ3n) is 3.56. The highest BCUT2D eigenvalue weighted by Gasteiger charge is 2.18. The molecule has 1 unspecified atom stereocenters. The standard InChI is InChI=1S/C17H18N2O5/c1-11(19-17(21)14-3-2-6-22-14)16(20)18-10-12-4-5-13-15(9-12)24-8-7-23-13/h2-6,9,11H,7-8,10H2,1H3,(H,18,20)(H,19,21). The number of carbonyl (C=O) groups excluding carboxylic acids is 2. The number of nitrogens with one attached hydrogen (secondary N) is 2. The summed E-state index contributed by atoms with van der Waals surface area (Å²) >= 11 is 0. The van der Waals surface area contributed by atoms with E-state index in [0.717, 1.165) is 5.56 Å². The Labute approximate surface area is 138 Å². The fraction of sp³-hybridized carbons (Fsp3) is 0.294. The van der Waals surface area contributed by atoms with Crippen molar-refractivity contribution in [2.75, 3.05) is 13.2 Å². The molecule has 2 heterocycles. The van der Waals surface area contributed by atoms with Gasteiger partial charge in [-0.05, 0) is 36.8 Å². The van der Waals surface area contributed by atoms with E-state index in [1.165, 1.54) is 12.3 Å². The molecule has 1 aliphatic rings. The van der Waals surface area contributed by atoms with Gasteiger partial charge in [0.05, 0.1) is 6.26 Å². The number of amides is 2. The fourth-order valence-electron chi connectivity index (χ4n) is 2.28. The molecule has 0 saturated carbocycles. The van der Waals surface area contributed by atoms with E-state index in [2.05, 4.69) is 10.6 Å². The summed E-state index contributed by atoms with van der Waals surface area (Å²) in [4.78, 5) is 23.9. The maximum atomic E-state index is 12.1. The van der Waals surface area contributed by atoms with Crippen LogP contribution in [0, 0.1) is 0 Å². The van der Waals surface area contributed by atoms with Gasteiger partial charge in [-0.25, -0.2) is 0 Å². The SMILES string of the molecule is CC(NC(=O)c1ccco1)C(=O)NCc1ccc2c(c1)OCCO2. The first kappa shape index (κ1) is 15.9. The molecule has 0 bridgehead atoms. The van der Waals surface area contributed by atoms with Crippen molar-refractivity contribution >= 4 is 11.8 Å². The van der Waals surface area contributed by atoms with Crippen molar-refractivity contribution in [1.82, 2.24) is 10.6 Å². The highest BCUT2D eigenvalue weighted by Crippen LogP contribution is 2.30. The molecule has 1 aromatic carbocycles. The molecule has 0 radical (unpaired) electrons. The normalized spacial score (nSPS) is 13.9. The third kappa shape index (κ3) is 3.68. The number of rotatable bonds is 5. The van der Waals surface area contributed by atoms with Crippen LogP contribution in [-0.4, -0.2) is 31.1 Å². The summed E-state index contributed by atoms with van der Waals surface area (Å²) in [5, 5.41) is 5.35. The van der Waals surface area contributed by atoms with Gasteiger partial charge in [-0.1, -0.05) is 6.07 Å². The van der Waals surface area contributed by atoms with E-state index in [-0.39, 0.29) is 11.7 Å². The zero-order chi connectivity index (χ0) is 16.9. The second kappa shape index (κ2) is 7.08. The lowest BCUT2D eigenvalue weighted by atomic mass is 10.2. The molecule has 0 fully saturated rings. The van der Waals surface area contributed by atoms with Gasteiger partial charge in [0.2, 0.25) is 5.91 Å². The number of carbonyl (C=O) groups is 2. The highest BCUT2D eigenvalue weighted by atomic mass is 16.6. The van der Waals surface area contributed by atoms with Gasteiger partial charge in [0.1, 0.15) is 19.3 Å². The van der Waals surface area contributed by atoms with Crippen molar-refractivity contribution in [3.63, 3.8) is 0 Å². The van der Waals surface area contributed by atoms with Crippen molar-refractivity contribution in [3.8, 4) is 11.5 Å². The molecule has 0 spiro atoms. The average Bonchev–Trinajstić information content (AvgIpc) is 3.14. The second-order valence-corrected chi connectivity index (χ2v) is 5.37. The molecule has 1 atom stereocenters. The summed E-state index contributed by atoms with van der Waals surface area (Å²) in [6.45, 7) is 2.99. The monoisotopic (exact) mass is 330 g/mol. The minimum Gasteiger partial charge on any atom is -0.486 e. The molecule has 2 amide bonds. The van der Waals surface area contributed by atoms with E-state index in [1.54, 1.807) is 13.0 Å². The largest absolute Gasteiger partial charge is 0.486 e. The Morgan fingerprint density at radius 1 is 1.17 bits per heavy atom. The van der Waals surface area contributed by atoms with E-state index >= 15 is 0 Å². The van der Waals surface area contributed by atoms with Gasteiger partial charge in [-0.15, -0.1) is 0 Å². The topological polar surface area (TPSA) is 89.8 Å². The van der Waals surface area contributed by atoms with Crippen LogP contribution in [0.1, 0.15) is 23.0 Å². The first-order valence-corrected chi connectivity index (χ1v) is 7.64. The van der Waals surface area contributed by atoms with E-state index in [1.807, 2.05) is 18.2 Å². The third-order valence-corrected chi connectivity index (χ3v) is 3.56. The van der Waals surface area contributed by atoms with Crippen LogP contribution in [0.15, 0.2) is 41.0 Å². The zero-order valence-electron chi connectivity index (χ0n) is 13.2. The van der Waals surface area contributed by atoms with Gasteiger partial charge in [0.15, 0.2) is 17.3 Å². The summed E-state index contributed by atoms with van der Waals surface area (Å²) in [5.41, 5.74) is 0.886. The van der Waals surface area contributed by atoms with Crippen LogP contribution >= 0.6 is 0 Å². The Bertz CT molecular complexity index is 727. The summed E-state index contributed by atoms with van der Waals surface area (Å²) in [6, 6.07) is 7.98. The van der Waals surface area contributed by atoms with Gasteiger partial charge in [0.25, 0.3) is 5.91 Å². The zero-order valence-corrected chi connectivity index (χ0v) is 13.2. The fourth-order valence-corrected chi connectivity index (χ4v) is 2.28. The van der Waals surface area contributed by atoms with Crippen LogP contribution in [0.3, 0.4) is 0 Å². The molecular formula is C17H18N2O5. The first-order chi connectivity index (χ1) is 11.6. The van der Waals surface area contributed by atoms with Crippen molar-refractivity contribution in [3.05, 3.63) is 47.9 Å². The molecule has 0 saturated heterocycles. The van der Waals surface area contributed by atoms with Gasteiger partial charge in [-0.2, -0.15) is 0 Å². The van der Waals surface area contributed by atoms with Crippen molar-refractivity contribution in [1.29, 1.82) is 0 Å². The van der Waals surface area contributed by atoms with Crippen molar-refractivity contribution in [2.24, 2.45) is 0 Å². The number of fused-ring (bicyclic) bond motifs is 1. The molecule has 7 heteroatoms. The van der Waals surface area contributed by atoms with Crippen molar-refractivity contribution < 1.29 is 23.5 Å². The van der Waals surface area contributed by atoms with Crippen LogP contribution in [0.4, 0.5) is 0 Å². The summed E-state index contributed by atoms with van der Waals surface area (Å²) in [6.07, 6.45) is 1.40. The van der Waals surface area contributed by atoms with Gasteiger partial charge in [0, 0.05) is 6.54 Å². The quantitative estimate of drug-likeness (QED) is 0.867. The maximum Gasteiger partial charge on any atom is 0.287 e. The highest BCUT2D eigenvalue weighted by molar-refractivity contribution is 5.95. The molecule has 1 aromatic heterocycles. The molecule has 0 aliphatic carbocycles. The van der Waals surface area contributed by atoms with Gasteiger partial charge < -0.3 is 24.5 Å². The summed E-state index contributed by atoms with van der Waals surface area (Å²) in [7, 11) is 0. The van der Waals surface area contributed by atoms with E-state index in [9.17, 15) is 9.59 Å². The van der Waals surface area contributed by atoms with Crippen LogP contribution in [0.25, 0.3) is 0 Å². The Balaban J connectivity index is 1.52. The van der Waals surface area contributed by atoms with Crippen LogP contribution < -0.4 is 20.1 Å². The van der Waals surface area contributed by atoms with Crippen molar-refractivity contribution in [2.45, 2.75) is 19.5 Å². The minimum absolute atomic E-state index is 0.168. The lowest BCUT2D eigenvalue weighted by Crippen LogP contribution is -2.44. The predicted octanol–water partition coefficient (Wildman–Crippen LogP) is 1.49. The number of furan rings is 1. The molecule has 7 nitrogen and oxygen atoms in total. The second-order valence-electron chi connectivity index (χ2n) is 5.37. The molecule has 126 valence electrons. The molecule has 2 N–H and O–H groups in total. The first-order valence-electron chi connectivity index (χ1n) is 7.64. The molecule has 1 aliphatic heterocycles. The number of hydrogen-bond donors (Lipinski definition) is 2. The van der Waals surface area contributed by atoms with E-state index in [4.69, 9.17) is 13.9 Å².